The lowest BCUT2D eigenvalue weighted by Crippen LogP contribution is -2.25. The van der Waals surface area contributed by atoms with E-state index in [1.54, 1.807) is 12.5 Å². The first-order valence-corrected chi connectivity index (χ1v) is 6.63. The molecule has 0 spiro atoms. The average molecular weight is 260 g/mol. The van der Waals surface area contributed by atoms with Gasteiger partial charge in [0.1, 0.15) is 12.2 Å². The molecule has 19 heavy (non-hydrogen) atoms. The topological polar surface area (TPSA) is 68.5 Å². The number of hydrogen-bond acceptors (Lipinski definition) is 5. The van der Waals surface area contributed by atoms with Crippen LogP contribution in [0.15, 0.2) is 18.7 Å². The molecule has 0 aliphatic heterocycles. The SMILES string of the molecule is CCNC(Cc1ncnn1CC)c1cnc(C)cn1. The van der Waals surface area contributed by atoms with Crippen molar-refractivity contribution in [1.82, 2.24) is 30.0 Å². The molecular formula is C13H20N6. The van der Waals surface area contributed by atoms with Gasteiger partial charge in [-0.05, 0) is 20.4 Å². The summed E-state index contributed by atoms with van der Waals surface area (Å²) in [6.07, 6.45) is 5.99. The summed E-state index contributed by atoms with van der Waals surface area (Å²) in [4.78, 5) is 13.1. The Balaban J connectivity index is 2.18. The number of hydrogen-bond donors (Lipinski definition) is 1. The van der Waals surface area contributed by atoms with E-state index >= 15 is 0 Å². The van der Waals surface area contributed by atoms with Crippen LogP contribution < -0.4 is 5.32 Å². The quantitative estimate of drug-likeness (QED) is 0.847. The Kier molecular flexibility index (Phi) is 4.57. The smallest absolute Gasteiger partial charge is 0.138 e. The summed E-state index contributed by atoms with van der Waals surface area (Å²) in [5.74, 6) is 0.968. The van der Waals surface area contributed by atoms with Crippen LogP contribution in [-0.4, -0.2) is 31.3 Å². The van der Waals surface area contributed by atoms with Crippen LogP contribution in [0, 0.1) is 6.92 Å². The molecule has 0 aromatic carbocycles. The van der Waals surface area contributed by atoms with Gasteiger partial charge in [-0.2, -0.15) is 5.10 Å². The van der Waals surface area contributed by atoms with E-state index in [2.05, 4.69) is 39.2 Å². The molecule has 0 amide bonds. The summed E-state index contributed by atoms with van der Waals surface area (Å²) in [7, 11) is 0. The molecule has 1 unspecified atom stereocenters. The van der Waals surface area contributed by atoms with Crippen molar-refractivity contribution in [2.24, 2.45) is 0 Å². The van der Waals surface area contributed by atoms with Gasteiger partial charge in [0.2, 0.25) is 0 Å². The lowest BCUT2D eigenvalue weighted by atomic mass is 10.1. The van der Waals surface area contributed by atoms with Crippen molar-refractivity contribution in [3.63, 3.8) is 0 Å². The van der Waals surface area contributed by atoms with E-state index in [9.17, 15) is 0 Å². The summed E-state index contributed by atoms with van der Waals surface area (Å²) >= 11 is 0. The molecular weight excluding hydrogens is 240 g/mol. The fourth-order valence-corrected chi connectivity index (χ4v) is 2.00. The highest BCUT2D eigenvalue weighted by atomic mass is 15.3. The van der Waals surface area contributed by atoms with E-state index in [1.165, 1.54) is 0 Å². The van der Waals surface area contributed by atoms with Gasteiger partial charge in [0.15, 0.2) is 0 Å². The summed E-state index contributed by atoms with van der Waals surface area (Å²) in [6, 6.07) is 0.118. The molecule has 1 N–H and O–H groups in total. The molecule has 0 aliphatic rings. The molecule has 0 fully saturated rings. The zero-order chi connectivity index (χ0) is 13.7. The molecule has 6 nitrogen and oxygen atoms in total. The van der Waals surface area contributed by atoms with Gasteiger partial charge in [-0.3, -0.25) is 14.6 Å². The lowest BCUT2D eigenvalue weighted by Gasteiger charge is -2.16. The minimum absolute atomic E-state index is 0.118. The molecule has 0 radical (unpaired) electrons. The summed E-state index contributed by atoms with van der Waals surface area (Å²) in [5, 5.41) is 7.62. The summed E-state index contributed by atoms with van der Waals surface area (Å²) in [6.45, 7) is 7.78. The van der Waals surface area contributed by atoms with Crippen molar-refractivity contribution in [3.8, 4) is 0 Å². The molecule has 0 saturated carbocycles. The zero-order valence-corrected chi connectivity index (χ0v) is 11.7. The maximum atomic E-state index is 4.45. The fraction of sp³-hybridized carbons (Fsp3) is 0.538. The Bertz CT molecular complexity index is 504. The molecule has 1 atom stereocenters. The van der Waals surface area contributed by atoms with Crippen LogP contribution in [0.1, 0.15) is 37.1 Å². The number of likely N-dealkylation sites (N-methyl/N-ethyl adjacent to an activating group) is 1. The third-order valence-corrected chi connectivity index (χ3v) is 2.99. The normalized spacial score (nSPS) is 12.6. The van der Waals surface area contributed by atoms with Crippen molar-refractivity contribution in [2.45, 2.75) is 39.8 Å². The Morgan fingerprint density at radius 3 is 2.68 bits per heavy atom. The van der Waals surface area contributed by atoms with Gasteiger partial charge in [-0.25, -0.2) is 4.98 Å². The molecule has 2 rings (SSSR count). The molecule has 0 saturated heterocycles. The Labute approximate surface area is 113 Å². The van der Waals surface area contributed by atoms with E-state index in [-0.39, 0.29) is 6.04 Å². The van der Waals surface area contributed by atoms with E-state index < -0.39 is 0 Å². The molecule has 102 valence electrons. The van der Waals surface area contributed by atoms with Gasteiger partial charge in [-0.15, -0.1) is 0 Å². The number of nitrogens with zero attached hydrogens (tertiary/aromatic N) is 5. The minimum atomic E-state index is 0.118. The second-order valence-corrected chi connectivity index (χ2v) is 4.39. The predicted molar refractivity (Wildman–Crippen MR) is 72.6 cm³/mol. The highest BCUT2D eigenvalue weighted by Gasteiger charge is 2.16. The molecule has 2 aromatic rings. The summed E-state index contributed by atoms with van der Waals surface area (Å²) < 4.78 is 1.91. The fourth-order valence-electron chi connectivity index (χ4n) is 2.00. The Morgan fingerprint density at radius 2 is 2.05 bits per heavy atom. The van der Waals surface area contributed by atoms with Crippen LogP contribution in [0.2, 0.25) is 0 Å². The van der Waals surface area contributed by atoms with Gasteiger partial charge >= 0.3 is 0 Å². The van der Waals surface area contributed by atoms with Gasteiger partial charge < -0.3 is 5.32 Å². The Hall–Kier alpha value is -1.82. The number of aryl methyl sites for hydroxylation is 2. The van der Waals surface area contributed by atoms with Crippen LogP contribution in [-0.2, 0) is 13.0 Å². The first kappa shape index (κ1) is 13.6. The molecule has 6 heteroatoms. The van der Waals surface area contributed by atoms with Crippen LogP contribution in [0.3, 0.4) is 0 Å². The second-order valence-electron chi connectivity index (χ2n) is 4.39. The molecule has 0 bridgehead atoms. The first-order chi connectivity index (χ1) is 9.24. The lowest BCUT2D eigenvalue weighted by molar-refractivity contribution is 0.498. The van der Waals surface area contributed by atoms with Crippen LogP contribution in [0.5, 0.6) is 0 Å². The molecule has 2 aromatic heterocycles. The average Bonchev–Trinajstić information content (AvgIpc) is 2.86. The molecule has 2 heterocycles. The standard InChI is InChI=1S/C13H20N6/c1-4-14-11(12-8-15-10(3)7-16-12)6-13-17-9-18-19(13)5-2/h7-9,11,14H,4-6H2,1-3H3. The largest absolute Gasteiger partial charge is 0.308 e. The summed E-state index contributed by atoms with van der Waals surface area (Å²) in [5.41, 5.74) is 1.87. The van der Waals surface area contributed by atoms with Gasteiger partial charge in [-0.1, -0.05) is 6.92 Å². The molecule has 0 aliphatic carbocycles. The van der Waals surface area contributed by atoms with Gasteiger partial charge in [0.05, 0.1) is 23.6 Å². The minimum Gasteiger partial charge on any atom is -0.308 e. The van der Waals surface area contributed by atoms with Crippen LogP contribution >= 0.6 is 0 Å². The highest BCUT2D eigenvalue weighted by molar-refractivity contribution is 5.08. The zero-order valence-electron chi connectivity index (χ0n) is 11.7. The second kappa shape index (κ2) is 6.38. The third-order valence-electron chi connectivity index (χ3n) is 2.99. The number of rotatable bonds is 6. The van der Waals surface area contributed by atoms with E-state index in [0.29, 0.717) is 0 Å². The van der Waals surface area contributed by atoms with Crippen molar-refractivity contribution in [2.75, 3.05) is 6.54 Å². The van der Waals surface area contributed by atoms with E-state index in [1.807, 2.05) is 17.8 Å². The van der Waals surface area contributed by atoms with Crippen LogP contribution in [0.25, 0.3) is 0 Å². The van der Waals surface area contributed by atoms with Gasteiger partial charge in [0.25, 0.3) is 0 Å². The van der Waals surface area contributed by atoms with Crippen molar-refractivity contribution >= 4 is 0 Å². The number of aromatic nitrogens is 5. The predicted octanol–water partition coefficient (Wildman–Crippen LogP) is 1.29. The first-order valence-electron chi connectivity index (χ1n) is 6.63. The monoisotopic (exact) mass is 260 g/mol. The number of nitrogens with one attached hydrogen (secondary N) is 1. The van der Waals surface area contributed by atoms with E-state index in [4.69, 9.17) is 0 Å². The maximum Gasteiger partial charge on any atom is 0.138 e. The van der Waals surface area contributed by atoms with E-state index in [0.717, 1.165) is 36.7 Å². The van der Waals surface area contributed by atoms with Crippen molar-refractivity contribution in [3.05, 3.63) is 35.9 Å². The van der Waals surface area contributed by atoms with Gasteiger partial charge in [0, 0.05) is 19.2 Å². The Morgan fingerprint density at radius 1 is 1.21 bits per heavy atom. The van der Waals surface area contributed by atoms with Crippen molar-refractivity contribution < 1.29 is 0 Å². The maximum absolute atomic E-state index is 4.45. The van der Waals surface area contributed by atoms with Crippen molar-refractivity contribution in [1.29, 1.82) is 0 Å². The third kappa shape index (κ3) is 3.35. The van der Waals surface area contributed by atoms with Crippen LogP contribution in [0.4, 0.5) is 0 Å². The highest BCUT2D eigenvalue weighted by Crippen LogP contribution is 2.14.